The molecule has 1 aromatic heterocycles. The number of aromatic nitrogens is 2. The van der Waals surface area contributed by atoms with E-state index in [2.05, 4.69) is 5.10 Å². The molecule has 6 heteroatoms. The molecule has 0 radical (unpaired) electrons. The Morgan fingerprint density at radius 3 is 2.40 bits per heavy atom. The molecule has 0 aliphatic rings. The third-order valence-corrected chi connectivity index (χ3v) is 3.00. The summed E-state index contributed by atoms with van der Waals surface area (Å²) in [6, 6.07) is 5.04. The van der Waals surface area contributed by atoms with Gasteiger partial charge in [-0.15, -0.1) is 0 Å². The minimum atomic E-state index is -4.64. The average Bonchev–Trinajstić information content (AvgIpc) is 2.73. The Labute approximate surface area is 114 Å². The zero-order chi connectivity index (χ0) is 15.1. The fourth-order valence-electron chi connectivity index (χ4n) is 2.10. The van der Waals surface area contributed by atoms with Crippen molar-refractivity contribution >= 4 is 5.78 Å². The molecule has 0 saturated heterocycles. The fourth-order valence-corrected chi connectivity index (χ4v) is 2.10. The molecular weight excluding hydrogens is 269 g/mol. The Morgan fingerprint density at radius 2 is 1.90 bits per heavy atom. The summed E-state index contributed by atoms with van der Waals surface area (Å²) in [5, 5.41) is 3.74. The number of hydrogen-bond donors (Lipinski definition) is 0. The van der Waals surface area contributed by atoms with Gasteiger partial charge in [-0.05, 0) is 32.4 Å². The van der Waals surface area contributed by atoms with E-state index in [1.807, 2.05) is 6.92 Å². The number of hydrogen-bond acceptors (Lipinski definition) is 2. The van der Waals surface area contributed by atoms with E-state index in [0.717, 1.165) is 23.4 Å². The predicted octanol–water partition coefficient (Wildman–Crippen LogP) is 3.71. The highest BCUT2D eigenvalue weighted by Crippen LogP contribution is 2.34. The Hall–Kier alpha value is -2.11. The largest absolute Gasteiger partial charge is 0.434 e. The van der Waals surface area contributed by atoms with Gasteiger partial charge in [0.2, 0.25) is 0 Å². The molecule has 3 nitrogen and oxygen atoms in total. The molecule has 0 aliphatic carbocycles. The van der Waals surface area contributed by atoms with Gasteiger partial charge >= 0.3 is 6.18 Å². The van der Waals surface area contributed by atoms with Gasteiger partial charge in [0.05, 0.1) is 17.4 Å². The van der Waals surface area contributed by atoms with Gasteiger partial charge in [0.25, 0.3) is 0 Å². The van der Waals surface area contributed by atoms with Gasteiger partial charge in [-0.2, -0.15) is 18.3 Å². The van der Waals surface area contributed by atoms with Crippen molar-refractivity contribution in [2.75, 3.05) is 0 Å². The first-order valence-corrected chi connectivity index (χ1v) is 5.95. The van der Waals surface area contributed by atoms with Crippen molar-refractivity contribution in [2.45, 2.75) is 26.9 Å². The molecule has 0 atom stereocenters. The van der Waals surface area contributed by atoms with E-state index in [-0.39, 0.29) is 0 Å². The van der Waals surface area contributed by atoms with Crippen molar-refractivity contribution < 1.29 is 18.0 Å². The van der Waals surface area contributed by atoms with Gasteiger partial charge in [-0.25, -0.2) is 4.68 Å². The molecule has 2 aromatic rings. The van der Waals surface area contributed by atoms with Crippen molar-refractivity contribution in [3.05, 3.63) is 46.8 Å². The molecule has 106 valence electrons. The van der Waals surface area contributed by atoms with Gasteiger partial charge in [0.1, 0.15) is 0 Å². The molecule has 0 amide bonds. The number of halogens is 3. The highest BCUT2D eigenvalue weighted by molar-refractivity contribution is 5.95. The fraction of sp³-hybridized carbons (Fsp3) is 0.286. The van der Waals surface area contributed by atoms with Crippen LogP contribution in [-0.4, -0.2) is 15.6 Å². The minimum Gasteiger partial charge on any atom is -0.294 e. The second kappa shape index (κ2) is 4.77. The molecule has 0 unspecified atom stereocenters. The van der Waals surface area contributed by atoms with Crippen LogP contribution in [0.4, 0.5) is 13.2 Å². The molecule has 2 rings (SSSR count). The Kier molecular flexibility index (Phi) is 3.41. The normalized spacial score (nSPS) is 11.7. The smallest absolute Gasteiger partial charge is 0.294 e. The van der Waals surface area contributed by atoms with Gasteiger partial charge < -0.3 is 0 Å². The lowest BCUT2D eigenvalue weighted by molar-refractivity contribution is -0.143. The van der Waals surface area contributed by atoms with Crippen molar-refractivity contribution in [1.82, 2.24) is 9.78 Å². The van der Waals surface area contributed by atoms with Gasteiger partial charge in [0.15, 0.2) is 11.5 Å². The van der Waals surface area contributed by atoms with E-state index >= 15 is 0 Å². The number of rotatable bonds is 2. The van der Waals surface area contributed by atoms with Crippen molar-refractivity contribution in [2.24, 2.45) is 0 Å². The maximum absolute atomic E-state index is 13.2. The summed E-state index contributed by atoms with van der Waals surface area (Å²) in [6.07, 6.45) is -3.68. The van der Waals surface area contributed by atoms with Crippen molar-refractivity contribution in [1.29, 1.82) is 0 Å². The van der Waals surface area contributed by atoms with Crippen LogP contribution in [0.15, 0.2) is 24.4 Å². The highest BCUT2D eigenvalue weighted by Gasteiger charge is 2.39. The molecule has 0 fully saturated rings. The third-order valence-electron chi connectivity index (χ3n) is 3.00. The quantitative estimate of drug-likeness (QED) is 0.787. The molecule has 0 saturated carbocycles. The number of ketones is 1. The molecule has 1 heterocycles. The summed E-state index contributed by atoms with van der Waals surface area (Å²) >= 11 is 0. The van der Waals surface area contributed by atoms with E-state index < -0.39 is 23.2 Å². The molecule has 20 heavy (non-hydrogen) atoms. The lowest BCUT2D eigenvalue weighted by atomic mass is 10.1. The van der Waals surface area contributed by atoms with Crippen LogP contribution in [-0.2, 0) is 6.18 Å². The number of carbonyl (C=O) groups is 1. The summed E-state index contributed by atoms with van der Waals surface area (Å²) in [6.45, 7) is 4.65. The first-order valence-electron chi connectivity index (χ1n) is 5.95. The van der Waals surface area contributed by atoms with Gasteiger partial charge in [-0.1, -0.05) is 17.7 Å². The first kappa shape index (κ1) is 14.3. The third kappa shape index (κ3) is 2.45. The first-order chi connectivity index (χ1) is 9.21. The van der Waals surface area contributed by atoms with Crippen LogP contribution in [0, 0.1) is 13.8 Å². The van der Waals surface area contributed by atoms with E-state index in [9.17, 15) is 18.0 Å². The maximum Gasteiger partial charge on any atom is 0.434 e. The van der Waals surface area contributed by atoms with Crippen LogP contribution in [0.25, 0.3) is 5.69 Å². The van der Waals surface area contributed by atoms with Crippen LogP contribution in [0.3, 0.4) is 0 Å². The zero-order valence-electron chi connectivity index (χ0n) is 11.2. The highest BCUT2D eigenvalue weighted by atomic mass is 19.4. The molecule has 0 aliphatic heterocycles. The van der Waals surface area contributed by atoms with E-state index in [1.165, 1.54) is 0 Å². The van der Waals surface area contributed by atoms with Crippen LogP contribution < -0.4 is 0 Å². The number of aryl methyl sites for hydroxylation is 2. The summed E-state index contributed by atoms with van der Waals surface area (Å²) in [5.74, 6) is -0.659. The topological polar surface area (TPSA) is 34.9 Å². The second-order valence-corrected chi connectivity index (χ2v) is 4.66. The predicted molar refractivity (Wildman–Crippen MR) is 68.0 cm³/mol. The van der Waals surface area contributed by atoms with Gasteiger partial charge in [0, 0.05) is 0 Å². The molecule has 0 spiro atoms. The standard InChI is InChI=1S/C14H13F3N2O/c1-8-4-5-12(9(2)6-8)19-13(14(15,16)17)11(7-18-19)10(3)20/h4-7H,1-3H3. The van der Waals surface area contributed by atoms with Gasteiger partial charge in [-0.3, -0.25) is 4.79 Å². The second-order valence-electron chi connectivity index (χ2n) is 4.66. The van der Waals surface area contributed by atoms with E-state index in [1.54, 1.807) is 25.1 Å². The Bertz CT molecular complexity index is 672. The minimum absolute atomic E-state index is 0.315. The summed E-state index contributed by atoms with van der Waals surface area (Å²) in [7, 11) is 0. The lowest BCUT2D eigenvalue weighted by Crippen LogP contribution is -2.17. The van der Waals surface area contributed by atoms with Crippen LogP contribution in [0.2, 0.25) is 0 Å². The number of nitrogens with zero attached hydrogens (tertiary/aromatic N) is 2. The van der Waals surface area contributed by atoms with Crippen LogP contribution in [0.1, 0.15) is 34.1 Å². The van der Waals surface area contributed by atoms with Crippen LogP contribution in [0.5, 0.6) is 0 Å². The zero-order valence-corrected chi connectivity index (χ0v) is 11.2. The number of Topliss-reactive ketones (excluding diaryl/α,β-unsaturated/α-hetero) is 1. The SMILES string of the molecule is CC(=O)c1cnn(-c2ccc(C)cc2C)c1C(F)(F)F. The number of benzene rings is 1. The summed E-state index contributed by atoms with van der Waals surface area (Å²) in [5.41, 5.74) is 0.470. The summed E-state index contributed by atoms with van der Waals surface area (Å²) < 4.78 is 40.3. The summed E-state index contributed by atoms with van der Waals surface area (Å²) in [4.78, 5) is 11.3. The van der Waals surface area contributed by atoms with Crippen molar-refractivity contribution in [3.8, 4) is 5.69 Å². The van der Waals surface area contributed by atoms with Crippen molar-refractivity contribution in [3.63, 3.8) is 0 Å². The Balaban J connectivity index is 2.72. The van der Waals surface area contributed by atoms with E-state index in [4.69, 9.17) is 0 Å². The lowest BCUT2D eigenvalue weighted by Gasteiger charge is -2.14. The molecular formula is C14H13F3N2O. The molecule has 1 aromatic carbocycles. The average molecular weight is 282 g/mol. The maximum atomic E-state index is 13.2. The van der Waals surface area contributed by atoms with E-state index in [0.29, 0.717) is 11.3 Å². The number of alkyl halides is 3. The monoisotopic (exact) mass is 282 g/mol. The Morgan fingerprint density at radius 1 is 1.25 bits per heavy atom. The number of carbonyl (C=O) groups excluding carboxylic acids is 1. The molecule has 0 bridgehead atoms. The van der Waals surface area contributed by atoms with Crippen LogP contribution >= 0.6 is 0 Å². The molecule has 0 N–H and O–H groups in total.